The van der Waals surface area contributed by atoms with E-state index in [0.717, 1.165) is 73.8 Å². The average molecular weight is 588 g/mol. The first-order valence-corrected chi connectivity index (χ1v) is 14.7. The minimum Gasteiger partial charge on any atom is -0.497 e. The van der Waals surface area contributed by atoms with Crippen molar-refractivity contribution in [1.82, 2.24) is 29.6 Å². The number of amides is 1. The van der Waals surface area contributed by atoms with E-state index in [9.17, 15) is 4.79 Å². The van der Waals surface area contributed by atoms with Crippen molar-refractivity contribution in [1.29, 1.82) is 0 Å². The highest BCUT2D eigenvalue weighted by molar-refractivity contribution is 6.07. The number of carbonyl (C=O) groups excluding carboxylic acids is 1. The molecule has 11 nitrogen and oxygen atoms in total. The summed E-state index contributed by atoms with van der Waals surface area (Å²) >= 11 is 0. The Kier molecular flexibility index (Phi) is 7.37. The molecule has 1 saturated heterocycles. The van der Waals surface area contributed by atoms with Crippen molar-refractivity contribution in [2.45, 2.75) is 19.4 Å². The van der Waals surface area contributed by atoms with Gasteiger partial charge in [-0.05, 0) is 84.1 Å². The number of anilines is 3. The lowest BCUT2D eigenvalue weighted by Crippen LogP contribution is -2.45. The van der Waals surface area contributed by atoms with Crippen molar-refractivity contribution in [2.24, 2.45) is 0 Å². The molecule has 11 heteroatoms. The van der Waals surface area contributed by atoms with Crippen molar-refractivity contribution in [3.05, 3.63) is 102 Å². The van der Waals surface area contributed by atoms with Gasteiger partial charge in [0.05, 0.1) is 12.8 Å². The van der Waals surface area contributed by atoms with Crippen molar-refractivity contribution < 1.29 is 9.53 Å². The first kappa shape index (κ1) is 27.5. The maximum absolute atomic E-state index is 13.2. The molecule has 7 rings (SSSR count). The molecule has 1 aliphatic heterocycles. The Morgan fingerprint density at radius 1 is 0.977 bits per heavy atom. The van der Waals surface area contributed by atoms with E-state index in [1.54, 1.807) is 13.3 Å². The Morgan fingerprint density at radius 2 is 1.75 bits per heavy atom. The number of fused-ring (bicyclic) bond motifs is 3. The van der Waals surface area contributed by atoms with Crippen LogP contribution in [0.1, 0.15) is 27.0 Å². The molecule has 0 spiro atoms. The maximum atomic E-state index is 13.2. The first-order chi connectivity index (χ1) is 21.5. The Morgan fingerprint density at radius 3 is 2.52 bits per heavy atom. The SMILES string of the molecule is COc1ccc2c(c1)CCc1cnc(-n3cc(C(=O)Nc4ccc(N5CCN(Cc6ccncc6)CC5)cc4)c(N)n3)nc1-2. The van der Waals surface area contributed by atoms with E-state index in [4.69, 9.17) is 15.5 Å². The fraction of sp³-hybridized carbons (Fsp3) is 0.242. The van der Waals surface area contributed by atoms with Gasteiger partial charge in [0, 0.05) is 74.4 Å². The summed E-state index contributed by atoms with van der Waals surface area (Å²) in [5, 5.41) is 7.30. The molecular weight excluding hydrogens is 554 g/mol. The van der Waals surface area contributed by atoms with Crippen molar-refractivity contribution in [2.75, 3.05) is 49.2 Å². The number of nitrogens with two attached hydrogens (primary N) is 1. The third kappa shape index (κ3) is 5.57. The van der Waals surface area contributed by atoms with Crippen LogP contribution in [0.25, 0.3) is 17.2 Å². The number of piperazine rings is 1. The van der Waals surface area contributed by atoms with E-state index in [0.29, 0.717) is 11.6 Å². The number of aromatic nitrogens is 5. The smallest absolute Gasteiger partial charge is 0.261 e. The molecule has 44 heavy (non-hydrogen) atoms. The highest BCUT2D eigenvalue weighted by Crippen LogP contribution is 2.34. The third-order valence-corrected chi connectivity index (χ3v) is 8.29. The van der Waals surface area contributed by atoms with Crippen molar-refractivity contribution in [3.8, 4) is 23.0 Å². The van der Waals surface area contributed by atoms with Gasteiger partial charge in [0.25, 0.3) is 11.9 Å². The number of hydrogen-bond donors (Lipinski definition) is 2. The Bertz CT molecular complexity index is 1800. The zero-order valence-electron chi connectivity index (χ0n) is 24.5. The molecule has 0 radical (unpaired) electrons. The minimum atomic E-state index is -0.346. The van der Waals surface area contributed by atoms with E-state index in [-0.39, 0.29) is 17.3 Å². The molecular formula is C33H33N9O2. The number of carbonyl (C=O) groups is 1. The number of methoxy groups -OCH3 is 1. The largest absolute Gasteiger partial charge is 0.497 e. The fourth-order valence-corrected chi connectivity index (χ4v) is 5.86. The van der Waals surface area contributed by atoms with Crippen LogP contribution in [0.4, 0.5) is 17.2 Å². The van der Waals surface area contributed by atoms with Crippen LogP contribution in [0.15, 0.2) is 79.4 Å². The Balaban J connectivity index is 1.01. The molecule has 222 valence electrons. The molecule has 3 aromatic heterocycles. The number of nitrogen functional groups attached to an aromatic ring is 1. The summed E-state index contributed by atoms with van der Waals surface area (Å²) in [7, 11) is 1.67. The summed E-state index contributed by atoms with van der Waals surface area (Å²) < 4.78 is 6.85. The third-order valence-electron chi connectivity index (χ3n) is 8.29. The van der Waals surface area contributed by atoms with E-state index in [2.05, 4.69) is 42.3 Å². The number of hydrogen-bond acceptors (Lipinski definition) is 9. The van der Waals surface area contributed by atoms with E-state index in [1.165, 1.54) is 15.8 Å². The molecule has 5 aromatic rings. The maximum Gasteiger partial charge on any atom is 0.261 e. The van der Waals surface area contributed by atoms with Crippen LogP contribution in [0.2, 0.25) is 0 Å². The van der Waals surface area contributed by atoms with Crippen LogP contribution in [0.5, 0.6) is 5.75 Å². The van der Waals surface area contributed by atoms with Gasteiger partial charge in [-0.2, -0.15) is 0 Å². The summed E-state index contributed by atoms with van der Waals surface area (Å²) in [6.07, 6.45) is 8.81. The van der Waals surface area contributed by atoms with Crippen LogP contribution >= 0.6 is 0 Å². The molecule has 0 bridgehead atoms. The summed E-state index contributed by atoms with van der Waals surface area (Å²) in [4.78, 5) is 31.4. The lowest BCUT2D eigenvalue weighted by molar-refractivity contribution is 0.102. The van der Waals surface area contributed by atoms with Crippen LogP contribution in [-0.4, -0.2) is 68.8 Å². The fourth-order valence-electron chi connectivity index (χ4n) is 5.86. The molecule has 0 saturated carbocycles. The highest BCUT2D eigenvalue weighted by Gasteiger charge is 2.22. The monoisotopic (exact) mass is 587 g/mol. The second-order valence-electron chi connectivity index (χ2n) is 11.1. The molecule has 2 aliphatic rings. The van der Waals surface area contributed by atoms with Gasteiger partial charge in [0.2, 0.25) is 0 Å². The normalized spacial score (nSPS) is 14.5. The van der Waals surface area contributed by atoms with Gasteiger partial charge in [0.15, 0.2) is 5.82 Å². The summed E-state index contributed by atoms with van der Waals surface area (Å²) in [6.45, 7) is 4.79. The van der Waals surface area contributed by atoms with Crippen LogP contribution < -0.4 is 20.7 Å². The van der Waals surface area contributed by atoms with Crippen molar-refractivity contribution >= 4 is 23.1 Å². The Labute approximate surface area is 255 Å². The molecule has 0 unspecified atom stereocenters. The van der Waals surface area contributed by atoms with Gasteiger partial charge in [-0.25, -0.2) is 14.6 Å². The van der Waals surface area contributed by atoms with Crippen LogP contribution in [0, 0.1) is 0 Å². The van der Waals surface area contributed by atoms with Gasteiger partial charge in [-0.15, -0.1) is 5.10 Å². The number of pyridine rings is 1. The topological polar surface area (TPSA) is 127 Å². The number of benzene rings is 2. The number of ether oxygens (including phenoxy) is 1. The standard InChI is InChI=1S/C33H33N9O2/c1-44-27-8-9-28-23(18-27)2-3-24-19-36-33(38-30(24)28)42-21-29(31(34)39-42)32(43)37-25-4-6-26(7-5-25)41-16-14-40(15-17-41)20-22-10-12-35-13-11-22/h4-13,18-19,21H,2-3,14-17,20H2,1H3,(H2,34,39)(H,37,43). The minimum absolute atomic E-state index is 0.107. The summed E-state index contributed by atoms with van der Waals surface area (Å²) in [5.41, 5.74) is 13.7. The van der Waals surface area contributed by atoms with Gasteiger partial charge in [0.1, 0.15) is 11.3 Å². The molecule has 4 heterocycles. The average Bonchev–Trinajstić information content (AvgIpc) is 3.47. The van der Waals surface area contributed by atoms with Crippen LogP contribution in [-0.2, 0) is 19.4 Å². The summed E-state index contributed by atoms with van der Waals surface area (Å²) in [5.74, 6) is 0.933. The number of rotatable bonds is 7. The summed E-state index contributed by atoms with van der Waals surface area (Å²) in [6, 6.07) is 18.0. The Hall–Kier alpha value is -5.29. The molecule has 3 N–H and O–H groups in total. The van der Waals surface area contributed by atoms with Gasteiger partial charge in [-0.3, -0.25) is 14.7 Å². The van der Waals surface area contributed by atoms with Gasteiger partial charge < -0.3 is 20.7 Å². The lowest BCUT2D eigenvalue weighted by atomic mass is 9.90. The number of aryl methyl sites for hydroxylation is 2. The predicted molar refractivity (Wildman–Crippen MR) is 169 cm³/mol. The molecule has 1 fully saturated rings. The number of nitrogens with one attached hydrogen (secondary N) is 1. The van der Waals surface area contributed by atoms with E-state index < -0.39 is 0 Å². The molecule has 2 aromatic carbocycles. The van der Waals surface area contributed by atoms with E-state index in [1.807, 2.05) is 61.1 Å². The zero-order chi connectivity index (χ0) is 30.0. The zero-order valence-corrected chi connectivity index (χ0v) is 24.5. The molecule has 0 atom stereocenters. The van der Waals surface area contributed by atoms with E-state index >= 15 is 0 Å². The quantitative estimate of drug-likeness (QED) is 0.291. The number of nitrogens with zero attached hydrogens (tertiary/aromatic N) is 7. The second-order valence-corrected chi connectivity index (χ2v) is 11.1. The lowest BCUT2D eigenvalue weighted by Gasteiger charge is -2.36. The van der Waals surface area contributed by atoms with Gasteiger partial charge >= 0.3 is 0 Å². The molecule has 1 aliphatic carbocycles. The van der Waals surface area contributed by atoms with Crippen molar-refractivity contribution in [3.63, 3.8) is 0 Å². The second kappa shape index (κ2) is 11.8. The first-order valence-electron chi connectivity index (χ1n) is 14.7. The predicted octanol–water partition coefficient (Wildman–Crippen LogP) is 3.99. The molecule has 1 amide bonds. The van der Waals surface area contributed by atoms with Crippen LogP contribution in [0.3, 0.4) is 0 Å². The van der Waals surface area contributed by atoms with Gasteiger partial charge in [-0.1, -0.05) is 0 Å². The highest BCUT2D eigenvalue weighted by atomic mass is 16.5.